The Balaban J connectivity index is 1.31. The minimum absolute atomic E-state index is 0.0599. The van der Waals surface area contributed by atoms with Gasteiger partial charge in [0.2, 0.25) is 0 Å². The smallest absolute Gasteiger partial charge is 0.369 e. The van der Waals surface area contributed by atoms with Crippen LogP contribution in [0.5, 0.6) is 0 Å². The Hall–Kier alpha value is -1.45. The van der Waals surface area contributed by atoms with E-state index in [4.69, 9.17) is 0 Å². The average Bonchev–Trinajstić information content (AvgIpc) is 3.29. The van der Waals surface area contributed by atoms with Crippen molar-refractivity contribution in [2.24, 2.45) is 0 Å². The molecule has 0 spiro atoms. The fourth-order valence-corrected chi connectivity index (χ4v) is 4.59. The molecular weight excluding hydrogens is 379 g/mol. The van der Waals surface area contributed by atoms with Crippen LogP contribution in [0.1, 0.15) is 12.0 Å². The van der Waals surface area contributed by atoms with Gasteiger partial charge in [0.15, 0.2) is 0 Å². The minimum atomic E-state index is -4.34. The molecule has 0 bridgehead atoms. The summed E-state index contributed by atoms with van der Waals surface area (Å²) in [6, 6.07) is 5.08. The maximum absolute atomic E-state index is 14.0. The molecule has 156 valence electrons. The van der Waals surface area contributed by atoms with E-state index in [1.165, 1.54) is 12.1 Å². The summed E-state index contributed by atoms with van der Waals surface area (Å²) in [5, 5.41) is 6.25. The van der Waals surface area contributed by atoms with Gasteiger partial charge >= 0.3 is 6.18 Å². The Labute approximate surface area is 161 Å². The van der Waals surface area contributed by atoms with E-state index in [2.05, 4.69) is 15.5 Å². The average molecular weight is 404 g/mol. The molecule has 28 heavy (non-hydrogen) atoms. The van der Waals surface area contributed by atoms with Crippen molar-refractivity contribution >= 4 is 5.69 Å². The van der Waals surface area contributed by atoms with Crippen LogP contribution in [0.25, 0.3) is 0 Å². The van der Waals surface area contributed by atoms with Crippen molar-refractivity contribution < 1.29 is 22.0 Å². The van der Waals surface area contributed by atoms with E-state index >= 15 is 0 Å². The van der Waals surface area contributed by atoms with Crippen molar-refractivity contribution in [3.63, 3.8) is 0 Å². The lowest BCUT2D eigenvalue weighted by molar-refractivity contribution is -0.137. The number of benzene rings is 1. The molecule has 4 nitrogen and oxygen atoms in total. The van der Waals surface area contributed by atoms with Gasteiger partial charge in [-0.2, -0.15) is 13.2 Å². The molecule has 2 N–H and O–H groups in total. The first kappa shape index (κ1) is 19.8. The molecule has 3 saturated heterocycles. The summed E-state index contributed by atoms with van der Waals surface area (Å²) < 4.78 is 66.2. The van der Waals surface area contributed by atoms with E-state index in [1.54, 1.807) is 6.07 Å². The highest BCUT2D eigenvalue weighted by Crippen LogP contribution is 2.32. The Morgan fingerprint density at radius 3 is 2.36 bits per heavy atom. The van der Waals surface area contributed by atoms with Gasteiger partial charge in [-0.3, -0.25) is 4.90 Å². The largest absolute Gasteiger partial charge is 0.416 e. The lowest BCUT2D eigenvalue weighted by Gasteiger charge is -2.39. The summed E-state index contributed by atoms with van der Waals surface area (Å²) in [6.07, 6.45) is -6.52. The van der Waals surface area contributed by atoms with Crippen molar-refractivity contribution in [3.8, 4) is 0 Å². The molecule has 3 aliphatic heterocycles. The van der Waals surface area contributed by atoms with E-state index in [0.717, 1.165) is 32.1 Å². The fourth-order valence-electron chi connectivity index (χ4n) is 4.59. The van der Waals surface area contributed by atoms with E-state index in [1.807, 2.05) is 4.90 Å². The fraction of sp³-hybridized carbons (Fsp3) is 0.684. The van der Waals surface area contributed by atoms with Gasteiger partial charge in [-0.25, -0.2) is 8.78 Å². The van der Waals surface area contributed by atoms with Crippen LogP contribution >= 0.6 is 0 Å². The molecule has 4 rings (SSSR count). The number of hydrogen-bond acceptors (Lipinski definition) is 4. The number of halogens is 5. The van der Waals surface area contributed by atoms with Crippen molar-refractivity contribution in [1.29, 1.82) is 0 Å². The maximum atomic E-state index is 14.0. The molecule has 0 saturated carbocycles. The summed E-state index contributed by atoms with van der Waals surface area (Å²) >= 11 is 0. The summed E-state index contributed by atoms with van der Waals surface area (Å²) in [4.78, 5) is 4.27. The Bertz CT molecular complexity index is 677. The zero-order valence-electron chi connectivity index (χ0n) is 15.4. The minimum Gasteiger partial charge on any atom is -0.369 e. The van der Waals surface area contributed by atoms with Gasteiger partial charge in [-0.1, -0.05) is 6.07 Å². The van der Waals surface area contributed by atoms with Crippen LogP contribution in [0.3, 0.4) is 0 Å². The van der Waals surface area contributed by atoms with Crippen LogP contribution in [0.4, 0.5) is 27.6 Å². The highest BCUT2D eigenvalue weighted by atomic mass is 19.4. The monoisotopic (exact) mass is 404 g/mol. The van der Waals surface area contributed by atoms with Gasteiger partial charge in [0.1, 0.15) is 12.3 Å². The second-order valence-electron chi connectivity index (χ2n) is 7.87. The second-order valence-corrected chi connectivity index (χ2v) is 7.87. The quantitative estimate of drug-likeness (QED) is 0.757. The zero-order valence-corrected chi connectivity index (χ0v) is 15.4. The van der Waals surface area contributed by atoms with Crippen molar-refractivity contribution in [3.05, 3.63) is 29.8 Å². The van der Waals surface area contributed by atoms with Crippen molar-refractivity contribution in [2.75, 3.05) is 44.2 Å². The standard InChI is InChI=1S/C19H25F5N4/c20-15-11-26-18(17(15)21)16-9-14(10-25-16)28-6-4-27(5-7-28)13-3-1-2-12(8-13)19(22,23)24/h1-3,8,14-18,25-26H,4-7,9-11H2/t14-,15-,16-,17-,18?/m0/s1. The van der Waals surface area contributed by atoms with Crippen LogP contribution in [0.15, 0.2) is 24.3 Å². The number of anilines is 1. The number of rotatable bonds is 3. The van der Waals surface area contributed by atoms with E-state index in [9.17, 15) is 22.0 Å². The molecule has 3 heterocycles. The molecule has 0 radical (unpaired) electrons. The summed E-state index contributed by atoms with van der Waals surface area (Å²) in [5.74, 6) is 0. The van der Waals surface area contributed by atoms with Crippen LogP contribution in [0, 0.1) is 0 Å². The first-order valence-corrected chi connectivity index (χ1v) is 9.74. The topological polar surface area (TPSA) is 30.5 Å². The lowest BCUT2D eigenvalue weighted by Crippen LogP contribution is -2.51. The number of nitrogens with one attached hydrogen (secondary N) is 2. The Morgan fingerprint density at radius 1 is 0.964 bits per heavy atom. The molecule has 9 heteroatoms. The first-order chi connectivity index (χ1) is 13.3. The predicted octanol–water partition coefficient (Wildman–Crippen LogP) is 2.21. The highest BCUT2D eigenvalue weighted by Gasteiger charge is 2.44. The Morgan fingerprint density at radius 2 is 1.71 bits per heavy atom. The molecule has 0 amide bonds. The first-order valence-electron chi connectivity index (χ1n) is 9.74. The number of piperazine rings is 1. The highest BCUT2D eigenvalue weighted by molar-refractivity contribution is 5.49. The molecule has 3 fully saturated rings. The van der Waals surface area contributed by atoms with Gasteiger partial charge in [-0.05, 0) is 24.6 Å². The van der Waals surface area contributed by atoms with E-state index < -0.39 is 30.1 Å². The Kier molecular flexibility index (Phi) is 5.50. The normalized spacial score (nSPS) is 34.9. The third kappa shape index (κ3) is 3.97. The van der Waals surface area contributed by atoms with Gasteiger partial charge in [0.25, 0.3) is 0 Å². The van der Waals surface area contributed by atoms with E-state index in [-0.39, 0.29) is 18.6 Å². The SMILES string of the molecule is F[C@@H]1C([C@@H]2C[C@H](N3CCN(c4cccc(C(F)(F)F)c4)CC3)CN2)NC[C@@H]1F. The summed E-state index contributed by atoms with van der Waals surface area (Å²) in [6.45, 7) is 3.53. The third-order valence-corrected chi connectivity index (χ3v) is 6.18. The van der Waals surface area contributed by atoms with Gasteiger partial charge < -0.3 is 15.5 Å². The maximum Gasteiger partial charge on any atom is 0.416 e. The van der Waals surface area contributed by atoms with Gasteiger partial charge in [0.05, 0.1) is 11.6 Å². The zero-order chi connectivity index (χ0) is 19.9. The summed E-state index contributed by atoms with van der Waals surface area (Å²) in [7, 11) is 0. The number of alkyl halides is 5. The third-order valence-electron chi connectivity index (χ3n) is 6.18. The molecule has 1 unspecified atom stereocenters. The lowest BCUT2D eigenvalue weighted by atomic mass is 10.0. The van der Waals surface area contributed by atoms with Crippen LogP contribution < -0.4 is 15.5 Å². The molecule has 3 aliphatic rings. The molecule has 5 atom stereocenters. The van der Waals surface area contributed by atoms with Gasteiger partial charge in [0, 0.05) is 57.0 Å². The summed E-state index contributed by atoms with van der Waals surface area (Å²) in [5.41, 5.74) is -0.0485. The molecule has 1 aromatic carbocycles. The van der Waals surface area contributed by atoms with Crippen LogP contribution in [0.2, 0.25) is 0 Å². The van der Waals surface area contributed by atoms with E-state index in [0.29, 0.717) is 18.8 Å². The molecule has 1 aromatic rings. The van der Waals surface area contributed by atoms with Crippen LogP contribution in [-0.2, 0) is 6.18 Å². The second kappa shape index (κ2) is 7.76. The molecule has 0 aromatic heterocycles. The predicted molar refractivity (Wildman–Crippen MR) is 97.0 cm³/mol. The van der Waals surface area contributed by atoms with Crippen molar-refractivity contribution in [1.82, 2.24) is 15.5 Å². The number of nitrogens with zero attached hydrogens (tertiary/aromatic N) is 2. The number of hydrogen-bond donors (Lipinski definition) is 2. The molecular formula is C19H25F5N4. The van der Waals surface area contributed by atoms with Crippen LogP contribution in [-0.4, -0.2) is 74.6 Å². The molecule has 0 aliphatic carbocycles. The van der Waals surface area contributed by atoms with Gasteiger partial charge in [-0.15, -0.1) is 0 Å². The van der Waals surface area contributed by atoms with Crippen molar-refractivity contribution in [2.45, 2.75) is 43.1 Å².